The van der Waals surface area contributed by atoms with E-state index in [-0.39, 0.29) is 5.82 Å². The van der Waals surface area contributed by atoms with Gasteiger partial charge in [0.15, 0.2) is 0 Å². The number of hydrogen-bond acceptors (Lipinski definition) is 2. The van der Waals surface area contributed by atoms with Crippen molar-refractivity contribution in [3.8, 4) is 11.1 Å². The summed E-state index contributed by atoms with van der Waals surface area (Å²) >= 11 is 6.41. The van der Waals surface area contributed by atoms with Crippen LogP contribution in [-0.4, -0.2) is 9.88 Å². The van der Waals surface area contributed by atoms with E-state index >= 15 is 0 Å². The van der Waals surface area contributed by atoms with E-state index in [2.05, 4.69) is 29.2 Å². The van der Waals surface area contributed by atoms with Crippen molar-refractivity contribution in [3.63, 3.8) is 0 Å². The van der Waals surface area contributed by atoms with Crippen molar-refractivity contribution in [1.29, 1.82) is 0 Å². The Morgan fingerprint density at radius 2 is 1.64 bits per heavy atom. The monoisotopic (exact) mass is 388 g/mol. The highest BCUT2D eigenvalue weighted by atomic mass is 35.5. The highest BCUT2D eigenvalue weighted by Gasteiger charge is 2.21. The molecule has 4 aromatic rings. The Kier molecular flexibility index (Phi) is 4.34. The van der Waals surface area contributed by atoms with Crippen LogP contribution >= 0.6 is 11.6 Å². The van der Waals surface area contributed by atoms with Crippen LogP contribution in [0.5, 0.6) is 0 Å². The van der Waals surface area contributed by atoms with E-state index in [1.54, 1.807) is 12.1 Å². The molecule has 0 saturated carbocycles. The van der Waals surface area contributed by atoms with Gasteiger partial charge in [-0.3, -0.25) is 9.88 Å². The molecule has 0 spiro atoms. The first kappa shape index (κ1) is 17.4. The molecule has 1 aromatic heterocycles. The van der Waals surface area contributed by atoms with Gasteiger partial charge in [0, 0.05) is 35.6 Å². The summed E-state index contributed by atoms with van der Waals surface area (Å²) in [5, 5.41) is 1.54. The molecule has 0 fully saturated rings. The maximum absolute atomic E-state index is 13.9. The normalized spacial score (nSPS) is 13.8. The third-order valence-electron chi connectivity index (χ3n) is 5.30. The highest BCUT2D eigenvalue weighted by Crippen LogP contribution is 2.33. The van der Waals surface area contributed by atoms with Gasteiger partial charge in [0.1, 0.15) is 5.82 Å². The quantitative estimate of drug-likeness (QED) is 0.414. The lowest BCUT2D eigenvalue weighted by atomic mass is 10.0. The summed E-state index contributed by atoms with van der Waals surface area (Å²) in [4.78, 5) is 7.29. The topological polar surface area (TPSA) is 16.1 Å². The van der Waals surface area contributed by atoms with E-state index in [9.17, 15) is 4.39 Å². The molecule has 0 unspecified atom stereocenters. The predicted molar refractivity (Wildman–Crippen MR) is 112 cm³/mol. The van der Waals surface area contributed by atoms with Gasteiger partial charge in [0.2, 0.25) is 0 Å². The summed E-state index contributed by atoms with van der Waals surface area (Å²) in [5.41, 5.74) is 6.27. The lowest BCUT2D eigenvalue weighted by Crippen LogP contribution is -2.17. The first-order valence-corrected chi connectivity index (χ1v) is 9.68. The molecule has 28 heavy (non-hydrogen) atoms. The van der Waals surface area contributed by atoms with E-state index in [4.69, 9.17) is 16.6 Å². The number of halogens is 2. The molecule has 138 valence electrons. The van der Waals surface area contributed by atoms with Gasteiger partial charge in [-0.2, -0.15) is 0 Å². The van der Waals surface area contributed by atoms with Crippen LogP contribution in [0.4, 0.5) is 4.39 Å². The Labute approximate surface area is 168 Å². The molecule has 0 radical (unpaired) electrons. The number of rotatable bonds is 3. The molecule has 3 aromatic carbocycles. The maximum Gasteiger partial charge on any atom is 0.123 e. The number of pyridine rings is 1. The molecule has 2 nitrogen and oxygen atoms in total. The minimum atomic E-state index is -0.253. The lowest BCUT2D eigenvalue weighted by Gasteiger charge is -2.18. The Bertz CT molecular complexity index is 1160. The minimum Gasteiger partial charge on any atom is -0.289 e. The predicted octanol–water partition coefficient (Wildman–Crippen LogP) is 6.21. The van der Waals surface area contributed by atoms with Crippen LogP contribution in [-0.2, 0) is 19.6 Å². The van der Waals surface area contributed by atoms with Crippen LogP contribution in [0.3, 0.4) is 0 Å². The molecular weight excluding hydrogens is 371 g/mol. The second-order valence-corrected chi connectivity index (χ2v) is 7.62. The van der Waals surface area contributed by atoms with Crippen LogP contribution in [0.15, 0.2) is 72.8 Å². The zero-order chi connectivity index (χ0) is 19.1. The number of hydrogen-bond donors (Lipinski definition) is 0. The summed E-state index contributed by atoms with van der Waals surface area (Å²) in [6.07, 6.45) is 0. The Hall–Kier alpha value is -2.75. The second kappa shape index (κ2) is 7.01. The molecule has 0 saturated heterocycles. The fraction of sp³-hybridized carbons (Fsp3) is 0.125. The summed E-state index contributed by atoms with van der Waals surface area (Å²) in [5.74, 6) is -0.253. The van der Waals surface area contributed by atoms with Crippen molar-refractivity contribution >= 4 is 22.5 Å². The number of nitrogens with zero attached hydrogens (tertiary/aromatic N) is 2. The zero-order valence-electron chi connectivity index (χ0n) is 15.2. The van der Waals surface area contributed by atoms with E-state index in [1.807, 2.05) is 30.3 Å². The third-order valence-corrected chi connectivity index (χ3v) is 5.63. The van der Waals surface area contributed by atoms with Crippen molar-refractivity contribution in [1.82, 2.24) is 9.88 Å². The van der Waals surface area contributed by atoms with E-state index in [0.29, 0.717) is 11.6 Å². The van der Waals surface area contributed by atoms with Gasteiger partial charge in [-0.15, -0.1) is 0 Å². The van der Waals surface area contributed by atoms with Gasteiger partial charge in [-0.05, 0) is 47.0 Å². The van der Waals surface area contributed by atoms with Gasteiger partial charge >= 0.3 is 0 Å². The molecule has 5 rings (SSSR count). The average Bonchev–Trinajstić information content (AvgIpc) is 3.10. The molecule has 2 heterocycles. The Morgan fingerprint density at radius 1 is 0.893 bits per heavy atom. The lowest BCUT2D eigenvalue weighted by molar-refractivity contribution is 0.273. The molecule has 0 N–H and O–H groups in total. The van der Waals surface area contributed by atoms with Gasteiger partial charge < -0.3 is 0 Å². The fourth-order valence-corrected chi connectivity index (χ4v) is 4.18. The van der Waals surface area contributed by atoms with Crippen LogP contribution in [0.1, 0.15) is 16.8 Å². The Balaban J connectivity index is 1.60. The minimum absolute atomic E-state index is 0.253. The standard InChI is InChI=1S/C24H18ClFN2/c25-22-9-4-10-23-21(22)12-20(16-7-3-8-19(26)11-16)24(27-23)15-28-13-17-5-1-2-6-18(17)14-28/h1-12H,13-15H2. The molecule has 4 heteroatoms. The third kappa shape index (κ3) is 3.17. The zero-order valence-corrected chi connectivity index (χ0v) is 16.0. The summed E-state index contributed by atoms with van der Waals surface area (Å²) in [6, 6.07) is 23.0. The summed E-state index contributed by atoms with van der Waals surface area (Å²) in [7, 11) is 0. The van der Waals surface area contributed by atoms with Crippen molar-refractivity contribution in [3.05, 3.63) is 100 Å². The number of aromatic nitrogens is 1. The second-order valence-electron chi connectivity index (χ2n) is 7.21. The van der Waals surface area contributed by atoms with E-state index in [1.165, 1.54) is 17.2 Å². The molecule has 1 aliphatic heterocycles. The van der Waals surface area contributed by atoms with Gasteiger partial charge in [-0.25, -0.2) is 4.39 Å². The highest BCUT2D eigenvalue weighted by molar-refractivity contribution is 6.35. The van der Waals surface area contributed by atoms with Crippen molar-refractivity contribution in [2.45, 2.75) is 19.6 Å². The van der Waals surface area contributed by atoms with Crippen LogP contribution < -0.4 is 0 Å². The summed E-state index contributed by atoms with van der Waals surface area (Å²) in [6.45, 7) is 2.49. The van der Waals surface area contributed by atoms with Crippen LogP contribution in [0, 0.1) is 5.82 Å². The van der Waals surface area contributed by atoms with Gasteiger partial charge in [-0.1, -0.05) is 54.1 Å². The smallest absolute Gasteiger partial charge is 0.123 e. The van der Waals surface area contributed by atoms with Gasteiger partial charge in [0.05, 0.1) is 11.2 Å². The van der Waals surface area contributed by atoms with Crippen molar-refractivity contribution in [2.24, 2.45) is 0 Å². The SMILES string of the molecule is Fc1cccc(-c2cc3c(Cl)cccc3nc2CN2Cc3ccccc3C2)c1. The molecule has 0 aliphatic carbocycles. The van der Waals surface area contributed by atoms with Crippen LogP contribution in [0.2, 0.25) is 5.02 Å². The number of fused-ring (bicyclic) bond motifs is 2. The maximum atomic E-state index is 13.9. The molecular formula is C24H18ClFN2. The fourth-order valence-electron chi connectivity index (χ4n) is 3.95. The molecule has 0 bridgehead atoms. The van der Waals surface area contributed by atoms with E-state index in [0.717, 1.165) is 40.8 Å². The van der Waals surface area contributed by atoms with E-state index < -0.39 is 0 Å². The van der Waals surface area contributed by atoms with Crippen LogP contribution in [0.25, 0.3) is 22.0 Å². The number of benzene rings is 3. The largest absolute Gasteiger partial charge is 0.289 e. The van der Waals surface area contributed by atoms with Gasteiger partial charge in [0.25, 0.3) is 0 Å². The van der Waals surface area contributed by atoms with Crippen molar-refractivity contribution < 1.29 is 4.39 Å². The molecule has 0 amide bonds. The van der Waals surface area contributed by atoms with Crippen molar-refractivity contribution in [2.75, 3.05) is 0 Å². The average molecular weight is 389 g/mol. The molecule has 0 atom stereocenters. The first-order chi connectivity index (χ1) is 13.7. The first-order valence-electron chi connectivity index (χ1n) is 9.30. The Morgan fingerprint density at radius 3 is 2.39 bits per heavy atom. The summed E-state index contributed by atoms with van der Waals surface area (Å²) < 4.78 is 13.9. The molecule has 1 aliphatic rings.